The lowest BCUT2D eigenvalue weighted by atomic mass is 10.1. The van der Waals surface area contributed by atoms with Gasteiger partial charge in [0.15, 0.2) is 6.04 Å². The van der Waals surface area contributed by atoms with Crippen LogP contribution in [0.1, 0.15) is 0 Å². The van der Waals surface area contributed by atoms with Gasteiger partial charge in [0.25, 0.3) is 5.92 Å². The van der Waals surface area contributed by atoms with Crippen LogP contribution >= 0.6 is 0 Å². The highest BCUT2D eigenvalue weighted by Crippen LogP contribution is 2.35. The fourth-order valence-corrected chi connectivity index (χ4v) is 0.967. The van der Waals surface area contributed by atoms with Gasteiger partial charge >= 0.3 is 6.18 Å². The summed E-state index contributed by atoms with van der Waals surface area (Å²) in [5, 5.41) is 0. The Kier molecular flexibility index (Phi) is 3.43. The number of nitrogens with zero attached hydrogens (tertiary/aromatic N) is 1. The van der Waals surface area contributed by atoms with E-state index in [0.29, 0.717) is 4.90 Å². The Balaban J connectivity index is 4.93. The van der Waals surface area contributed by atoms with Crippen LogP contribution in [0.2, 0.25) is 0 Å². The van der Waals surface area contributed by atoms with E-state index in [1.165, 1.54) is 0 Å². The van der Waals surface area contributed by atoms with Crippen molar-refractivity contribution in [2.45, 2.75) is 18.1 Å². The molecule has 0 aliphatic heterocycles. The summed E-state index contributed by atoms with van der Waals surface area (Å²) in [6.45, 7) is 2.67. The molecule has 0 aromatic heterocycles. The van der Waals surface area contributed by atoms with Crippen LogP contribution in [-0.2, 0) is 0 Å². The average molecular weight is 203 g/mol. The van der Waals surface area contributed by atoms with Gasteiger partial charge < -0.3 is 0 Å². The predicted octanol–water partition coefficient (Wildman–Crippen LogP) is 2.30. The first kappa shape index (κ1) is 12.3. The minimum Gasteiger partial charge on any atom is -0.293 e. The van der Waals surface area contributed by atoms with Crippen LogP contribution in [0.15, 0.2) is 12.7 Å². The highest BCUT2D eigenvalue weighted by Gasteiger charge is 2.55. The maximum Gasteiger partial charge on any atom is 0.410 e. The maximum absolute atomic E-state index is 12.7. The summed E-state index contributed by atoms with van der Waals surface area (Å²) < 4.78 is 61.6. The fourth-order valence-electron chi connectivity index (χ4n) is 0.967. The van der Waals surface area contributed by atoms with Crippen molar-refractivity contribution in [1.82, 2.24) is 4.90 Å². The Morgan fingerprint density at radius 3 is 1.62 bits per heavy atom. The first-order valence-electron chi connectivity index (χ1n) is 3.37. The van der Waals surface area contributed by atoms with E-state index in [0.717, 1.165) is 14.1 Å². The zero-order valence-electron chi connectivity index (χ0n) is 7.20. The molecule has 0 bridgehead atoms. The third-order valence-corrected chi connectivity index (χ3v) is 1.46. The lowest BCUT2D eigenvalue weighted by Crippen LogP contribution is -2.52. The van der Waals surface area contributed by atoms with E-state index < -0.39 is 18.1 Å². The Morgan fingerprint density at radius 1 is 1.15 bits per heavy atom. The minimum atomic E-state index is -4.97. The van der Waals surface area contributed by atoms with Crippen LogP contribution in [0.4, 0.5) is 22.0 Å². The van der Waals surface area contributed by atoms with E-state index in [1.54, 1.807) is 0 Å². The molecular weight excluding hydrogens is 193 g/mol. The molecule has 0 saturated heterocycles. The average Bonchev–Trinajstić information content (AvgIpc) is 1.82. The van der Waals surface area contributed by atoms with Gasteiger partial charge in [0.1, 0.15) is 0 Å². The molecular formula is C7H10F5N. The second-order valence-electron chi connectivity index (χ2n) is 2.79. The van der Waals surface area contributed by atoms with Crippen molar-refractivity contribution in [2.75, 3.05) is 14.1 Å². The van der Waals surface area contributed by atoms with Crippen molar-refractivity contribution in [3.05, 3.63) is 12.7 Å². The van der Waals surface area contributed by atoms with E-state index in [1.807, 2.05) is 0 Å². The first-order chi connectivity index (χ1) is 5.63. The molecule has 6 heteroatoms. The summed E-state index contributed by atoms with van der Waals surface area (Å²) in [7, 11) is 1.88. The molecule has 0 N–H and O–H groups in total. The molecule has 0 saturated carbocycles. The minimum absolute atomic E-state index is 0.00512. The summed E-state index contributed by atoms with van der Waals surface area (Å²) in [5.74, 6) is -3.97. The lowest BCUT2D eigenvalue weighted by Gasteiger charge is -2.31. The predicted molar refractivity (Wildman–Crippen MR) is 38.7 cm³/mol. The van der Waals surface area contributed by atoms with Crippen LogP contribution in [0, 0.1) is 0 Å². The van der Waals surface area contributed by atoms with Gasteiger partial charge in [-0.2, -0.15) is 22.0 Å². The molecule has 0 spiro atoms. The number of rotatable bonds is 3. The van der Waals surface area contributed by atoms with Crippen molar-refractivity contribution in [1.29, 1.82) is 0 Å². The summed E-state index contributed by atoms with van der Waals surface area (Å²) in [5.41, 5.74) is 0. The van der Waals surface area contributed by atoms with Gasteiger partial charge in [-0.1, -0.05) is 6.58 Å². The fraction of sp³-hybridized carbons (Fsp3) is 0.714. The molecule has 0 aliphatic rings. The van der Waals surface area contributed by atoms with Crippen LogP contribution < -0.4 is 0 Å². The number of alkyl halides is 5. The molecule has 0 amide bonds. The smallest absolute Gasteiger partial charge is 0.293 e. The number of hydrogen-bond donors (Lipinski definition) is 0. The number of halogens is 5. The van der Waals surface area contributed by atoms with Crippen LogP contribution in [0.3, 0.4) is 0 Å². The molecule has 0 rings (SSSR count). The highest BCUT2D eigenvalue weighted by molar-refractivity contribution is 5.00. The second-order valence-corrected chi connectivity index (χ2v) is 2.79. The Morgan fingerprint density at radius 2 is 1.54 bits per heavy atom. The number of hydrogen-bond acceptors (Lipinski definition) is 1. The highest BCUT2D eigenvalue weighted by atomic mass is 19.4. The van der Waals surface area contributed by atoms with E-state index in [9.17, 15) is 22.0 Å². The topological polar surface area (TPSA) is 3.24 Å². The van der Waals surface area contributed by atoms with Gasteiger partial charge in [0, 0.05) is 0 Å². The summed E-state index contributed by atoms with van der Waals surface area (Å²) in [6, 6.07) is -2.82. The SMILES string of the molecule is C=CC(F)(F)C(N(C)C)C(F)(F)F. The zero-order chi connectivity index (χ0) is 10.9. The van der Waals surface area contributed by atoms with E-state index in [4.69, 9.17) is 0 Å². The molecule has 78 valence electrons. The van der Waals surface area contributed by atoms with Gasteiger partial charge in [-0.05, 0) is 20.2 Å². The standard InChI is InChI=1S/C7H10F5N/c1-4-6(8,9)5(13(2)3)7(10,11)12/h4-5H,1H2,2-3H3. The van der Waals surface area contributed by atoms with E-state index >= 15 is 0 Å². The van der Waals surface area contributed by atoms with Gasteiger partial charge in [0.2, 0.25) is 0 Å². The zero-order valence-corrected chi connectivity index (χ0v) is 7.20. The van der Waals surface area contributed by atoms with Crippen LogP contribution in [0.5, 0.6) is 0 Å². The Bertz CT molecular complexity index is 184. The van der Waals surface area contributed by atoms with Gasteiger partial charge in [0.05, 0.1) is 0 Å². The molecule has 0 aliphatic carbocycles. The third-order valence-electron chi connectivity index (χ3n) is 1.46. The van der Waals surface area contributed by atoms with Gasteiger partial charge in [-0.15, -0.1) is 0 Å². The molecule has 1 nitrogen and oxygen atoms in total. The second kappa shape index (κ2) is 3.61. The summed E-state index contributed by atoms with van der Waals surface area (Å²) in [4.78, 5) is 0.418. The molecule has 0 fully saturated rings. The largest absolute Gasteiger partial charge is 0.410 e. The van der Waals surface area contributed by atoms with Crippen molar-refractivity contribution >= 4 is 0 Å². The Labute approximate surface area is 72.8 Å². The third kappa shape index (κ3) is 2.95. The van der Waals surface area contributed by atoms with Crippen molar-refractivity contribution in [3.63, 3.8) is 0 Å². The summed E-state index contributed by atoms with van der Waals surface area (Å²) >= 11 is 0. The first-order valence-corrected chi connectivity index (χ1v) is 3.37. The van der Waals surface area contributed by atoms with Crippen molar-refractivity contribution in [3.8, 4) is 0 Å². The molecule has 13 heavy (non-hydrogen) atoms. The lowest BCUT2D eigenvalue weighted by molar-refractivity contribution is -0.226. The molecule has 1 atom stereocenters. The van der Waals surface area contributed by atoms with E-state index in [2.05, 4.69) is 6.58 Å². The van der Waals surface area contributed by atoms with Crippen molar-refractivity contribution in [2.24, 2.45) is 0 Å². The van der Waals surface area contributed by atoms with E-state index in [-0.39, 0.29) is 6.08 Å². The van der Waals surface area contributed by atoms with Gasteiger partial charge in [-0.3, -0.25) is 4.90 Å². The molecule has 0 heterocycles. The van der Waals surface area contributed by atoms with Gasteiger partial charge in [-0.25, -0.2) is 0 Å². The van der Waals surface area contributed by atoms with Crippen LogP contribution in [-0.4, -0.2) is 37.1 Å². The normalized spacial score (nSPS) is 16.0. The van der Waals surface area contributed by atoms with Crippen LogP contribution in [0.25, 0.3) is 0 Å². The monoisotopic (exact) mass is 203 g/mol. The summed E-state index contributed by atoms with van der Waals surface area (Å²) in [6.07, 6.45) is -4.97. The quantitative estimate of drug-likeness (QED) is 0.502. The maximum atomic E-state index is 12.7. The molecule has 0 aromatic carbocycles. The molecule has 0 radical (unpaired) electrons. The Hall–Kier alpha value is -0.650. The molecule has 1 unspecified atom stereocenters. The van der Waals surface area contributed by atoms with Crippen molar-refractivity contribution < 1.29 is 22.0 Å². The molecule has 0 aromatic rings.